The van der Waals surface area contributed by atoms with E-state index in [1.807, 2.05) is 0 Å². The van der Waals surface area contributed by atoms with Gasteiger partial charge in [-0.05, 0) is 51.7 Å². The van der Waals surface area contributed by atoms with Gasteiger partial charge >= 0.3 is 0 Å². The van der Waals surface area contributed by atoms with Gasteiger partial charge in [-0.15, -0.1) is 0 Å². The summed E-state index contributed by atoms with van der Waals surface area (Å²) in [5.41, 5.74) is 0. The molecule has 1 atom stereocenters. The lowest BCUT2D eigenvalue weighted by Crippen LogP contribution is -2.52. The maximum atomic E-state index is 2.71. The average molecular weight is 267 g/mol. The third-order valence-electron chi connectivity index (χ3n) is 5.30. The Kier molecular flexibility index (Phi) is 5.67. The minimum absolute atomic E-state index is 0.741. The summed E-state index contributed by atoms with van der Waals surface area (Å²) in [5.74, 6) is 1.73. The lowest BCUT2D eigenvalue weighted by Gasteiger charge is -2.41. The van der Waals surface area contributed by atoms with Gasteiger partial charge in [-0.1, -0.05) is 13.8 Å². The molecule has 0 aromatic rings. The van der Waals surface area contributed by atoms with E-state index < -0.39 is 0 Å². The van der Waals surface area contributed by atoms with E-state index in [1.165, 1.54) is 58.7 Å². The molecule has 2 aliphatic heterocycles. The van der Waals surface area contributed by atoms with Crippen molar-refractivity contribution in [2.24, 2.45) is 11.8 Å². The molecule has 0 saturated carbocycles. The SMILES string of the molecule is CC(C)[C@H](C)N1CCN(CC2CCN(C)CC2)CC1. The van der Waals surface area contributed by atoms with E-state index in [2.05, 4.69) is 42.5 Å². The summed E-state index contributed by atoms with van der Waals surface area (Å²) in [4.78, 5) is 7.86. The second kappa shape index (κ2) is 7.05. The van der Waals surface area contributed by atoms with Gasteiger partial charge in [0.25, 0.3) is 0 Å². The average Bonchev–Trinajstić information content (AvgIpc) is 2.41. The van der Waals surface area contributed by atoms with Crippen LogP contribution in [0.5, 0.6) is 0 Å². The van der Waals surface area contributed by atoms with Crippen LogP contribution in [0.2, 0.25) is 0 Å². The molecule has 112 valence electrons. The van der Waals surface area contributed by atoms with Crippen LogP contribution < -0.4 is 0 Å². The van der Waals surface area contributed by atoms with Gasteiger partial charge in [0, 0.05) is 38.8 Å². The smallest absolute Gasteiger partial charge is 0.0113 e. The molecule has 0 aromatic carbocycles. The second-order valence-electron chi connectivity index (χ2n) is 7.07. The van der Waals surface area contributed by atoms with Crippen molar-refractivity contribution in [2.75, 3.05) is 52.9 Å². The van der Waals surface area contributed by atoms with Crippen LogP contribution in [0.3, 0.4) is 0 Å². The topological polar surface area (TPSA) is 9.72 Å². The minimum atomic E-state index is 0.741. The Bertz CT molecular complexity index is 251. The first-order chi connectivity index (χ1) is 9.06. The van der Waals surface area contributed by atoms with Gasteiger partial charge in [0.05, 0.1) is 0 Å². The molecule has 2 rings (SSSR count). The summed E-state index contributed by atoms with van der Waals surface area (Å²) in [6.07, 6.45) is 2.80. The molecule has 0 spiro atoms. The molecular formula is C16H33N3. The Morgan fingerprint density at radius 2 is 1.47 bits per heavy atom. The lowest BCUT2D eigenvalue weighted by molar-refractivity contribution is 0.0670. The summed E-state index contributed by atoms with van der Waals surface area (Å²) >= 11 is 0. The fraction of sp³-hybridized carbons (Fsp3) is 1.00. The van der Waals surface area contributed by atoms with Crippen LogP contribution in [-0.4, -0.2) is 73.6 Å². The molecule has 3 nitrogen and oxygen atoms in total. The Balaban J connectivity index is 1.69. The second-order valence-corrected chi connectivity index (χ2v) is 7.07. The summed E-state index contributed by atoms with van der Waals surface area (Å²) in [5, 5.41) is 0. The van der Waals surface area contributed by atoms with Crippen LogP contribution in [0.15, 0.2) is 0 Å². The van der Waals surface area contributed by atoms with Crippen molar-refractivity contribution in [3.05, 3.63) is 0 Å². The van der Waals surface area contributed by atoms with Crippen LogP contribution in [-0.2, 0) is 0 Å². The van der Waals surface area contributed by atoms with E-state index in [1.54, 1.807) is 0 Å². The Morgan fingerprint density at radius 3 is 2.00 bits per heavy atom. The van der Waals surface area contributed by atoms with E-state index in [0.717, 1.165) is 17.9 Å². The number of likely N-dealkylation sites (tertiary alicyclic amines) is 1. The van der Waals surface area contributed by atoms with E-state index in [-0.39, 0.29) is 0 Å². The highest BCUT2D eigenvalue weighted by atomic mass is 15.3. The molecule has 3 heteroatoms. The standard InChI is InChI=1S/C16H33N3/c1-14(2)15(3)19-11-9-18(10-12-19)13-16-5-7-17(4)8-6-16/h14-16H,5-13H2,1-4H3/t15-/m0/s1. The first-order valence-corrected chi connectivity index (χ1v) is 8.21. The monoisotopic (exact) mass is 267 g/mol. The fourth-order valence-electron chi connectivity index (χ4n) is 3.38. The van der Waals surface area contributed by atoms with Crippen LogP contribution in [0.1, 0.15) is 33.6 Å². The first-order valence-electron chi connectivity index (χ1n) is 8.21. The zero-order valence-electron chi connectivity index (χ0n) is 13.4. The van der Waals surface area contributed by atoms with Gasteiger partial charge in [0.1, 0.15) is 0 Å². The number of hydrogen-bond acceptors (Lipinski definition) is 3. The largest absolute Gasteiger partial charge is 0.306 e. The molecule has 0 aromatic heterocycles. The number of nitrogens with zero attached hydrogens (tertiary/aromatic N) is 3. The molecule has 0 aliphatic carbocycles. The lowest BCUT2D eigenvalue weighted by atomic mass is 9.96. The number of rotatable bonds is 4. The summed E-state index contributed by atoms with van der Waals surface area (Å²) < 4.78 is 0. The first kappa shape index (κ1) is 15.3. The quantitative estimate of drug-likeness (QED) is 0.771. The molecule has 0 radical (unpaired) electrons. The van der Waals surface area contributed by atoms with E-state index in [4.69, 9.17) is 0 Å². The predicted octanol–water partition coefficient (Wildman–Crippen LogP) is 1.99. The van der Waals surface area contributed by atoms with Crippen LogP contribution in [0.25, 0.3) is 0 Å². The molecule has 0 unspecified atom stereocenters. The molecule has 0 amide bonds. The van der Waals surface area contributed by atoms with Gasteiger partial charge in [0.2, 0.25) is 0 Å². The van der Waals surface area contributed by atoms with Crippen LogP contribution >= 0.6 is 0 Å². The van der Waals surface area contributed by atoms with Gasteiger partial charge in [-0.25, -0.2) is 0 Å². The van der Waals surface area contributed by atoms with E-state index >= 15 is 0 Å². The molecular weight excluding hydrogens is 234 g/mol. The fourth-order valence-corrected chi connectivity index (χ4v) is 3.38. The molecule has 2 saturated heterocycles. The number of piperazine rings is 1. The van der Waals surface area contributed by atoms with Crippen molar-refractivity contribution in [2.45, 2.75) is 39.7 Å². The van der Waals surface area contributed by atoms with Gasteiger partial charge < -0.3 is 9.80 Å². The Morgan fingerprint density at radius 1 is 0.895 bits per heavy atom. The Labute approximate surface area is 119 Å². The highest BCUT2D eigenvalue weighted by Crippen LogP contribution is 2.19. The predicted molar refractivity (Wildman–Crippen MR) is 82.5 cm³/mol. The summed E-state index contributed by atoms with van der Waals surface area (Å²) in [6.45, 7) is 16.1. The summed E-state index contributed by atoms with van der Waals surface area (Å²) in [7, 11) is 2.25. The zero-order chi connectivity index (χ0) is 13.8. The third kappa shape index (κ3) is 4.44. The molecule has 19 heavy (non-hydrogen) atoms. The van der Waals surface area contributed by atoms with Crippen molar-refractivity contribution < 1.29 is 0 Å². The zero-order valence-corrected chi connectivity index (χ0v) is 13.4. The molecule has 0 N–H and O–H groups in total. The molecule has 2 heterocycles. The molecule has 2 fully saturated rings. The van der Waals surface area contributed by atoms with E-state index in [9.17, 15) is 0 Å². The maximum absolute atomic E-state index is 2.71. The maximum Gasteiger partial charge on any atom is 0.0113 e. The van der Waals surface area contributed by atoms with Gasteiger partial charge in [-0.2, -0.15) is 0 Å². The van der Waals surface area contributed by atoms with Crippen molar-refractivity contribution in [3.8, 4) is 0 Å². The van der Waals surface area contributed by atoms with Crippen molar-refractivity contribution in [3.63, 3.8) is 0 Å². The highest BCUT2D eigenvalue weighted by molar-refractivity contribution is 4.80. The van der Waals surface area contributed by atoms with Crippen molar-refractivity contribution >= 4 is 0 Å². The van der Waals surface area contributed by atoms with Gasteiger partial charge in [-0.3, -0.25) is 4.90 Å². The number of hydrogen-bond donors (Lipinski definition) is 0. The Hall–Kier alpha value is -0.120. The summed E-state index contributed by atoms with van der Waals surface area (Å²) in [6, 6.07) is 0.741. The molecule has 0 bridgehead atoms. The van der Waals surface area contributed by atoms with Crippen LogP contribution in [0.4, 0.5) is 0 Å². The van der Waals surface area contributed by atoms with Crippen molar-refractivity contribution in [1.29, 1.82) is 0 Å². The normalized spacial score (nSPS) is 27.0. The minimum Gasteiger partial charge on any atom is -0.306 e. The highest BCUT2D eigenvalue weighted by Gasteiger charge is 2.25. The van der Waals surface area contributed by atoms with Gasteiger partial charge in [0.15, 0.2) is 0 Å². The number of piperidine rings is 1. The van der Waals surface area contributed by atoms with Crippen molar-refractivity contribution in [1.82, 2.24) is 14.7 Å². The van der Waals surface area contributed by atoms with Crippen LogP contribution in [0, 0.1) is 11.8 Å². The third-order valence-corrected chi connectivity index (χ3v) is 5.30. The van der Waals surface area contributed by atoms with E-state index in [0.29, 0.717) is 0 Å². The molecule has 2 aliphatic rings.